The number of nitrogens with zero attached hydrogens (tertiary/aromatic N) is 1. The van der Waals surface area contributed by atoms with Gasteiger partial charge in [0.25, 0.3) is 11.5 Å². The predicted molar refractivity (Wildman–Crippen MR) is 79.6 cm³/mol. The van der Waals surface area contributed by atoms with Gasteiger partial charge in [-0.2, -0.15) is 0 Å². The smallest absolute Gasteiger partial charge is 0.274 e. The third-order valence-corrected chi connectivity index (χ3v) is 3.17. The topological polar surface area (TPSA) is 51.2 Å². The van der Waals surface area contributed by atoms with Gasteiger partial charge >= 0.3 is 0 Å². The van der Waals surface area contributed by atoms with Crippen molar-refractivity contribution in [2.45, 2.75) is 19.5 Å². The molecular formula is C15H14ClFN2O2. The van der Waals surface area contributed by atoms with Gasteiger partial charge in [-0.1, -0.05) is 23.7 Å². The van der Waals surface area contributed by atoms with Crippen LogP contribution in [0.5, 0.6) is 11.6 Å². The first-order valence-electron chi connectivity index (χ1n) is 6.26. The molecule has 1 aromatic carbocycles. The molecule has 0 saturated carbocycles. The molecule has 1 aromatic heterocycles. The Bertz CT molecular complexity index is 645. The number of benzene rings is 1. The van der Waals surface area contributed by atoms with Crippen LogP contribution in [0.4, 0.5) is 10.1 Å². The van der Waals surface area contributed by atoms with Gasteiger partial charge < -0.3 is 10.1 Å². The number of aryl methyl sites for hydroxylation is 1. The van der Waals surface area contributed by atoms with Crippen LogP contribution in [-0.4, -0.2) is 16.5 Å². The van der Waals surface area contributed by atoms with E-state index < -0.39 is 11.5 Å². The fourth-order valence-corrected chi connectivity index (χ4v) is 1.71. The summed E-state index contributed by atoms with van der Waals surface area (Å²) >= 11 is 5.03. The zero-order valence-electron chi connectivity index (χ0n) is 11.6. The molecule has 0 radical (unpaired) electrons. The zero-order chi connectivity index (χ0) is 15.4. The SMILES string of the molecule is Cc1cccc(Oc2ccc(NC(=O)C(F)Cl)cn2)c1C. The van der Waals surface area contributed by atoms with Crippen LogP contribution in [0, 0.1) is 13.8 Å². The Kier molecular flexibility index (Phi) is 4.75. The van der Waals surface area contributed by atoms with Crippen molar-refractivity contribution < 1.29 is 13.9 Å². The van der Waals surface area contributed by atoms with E-state index >= 15 is 0 Å². The average molecular weight is 309 g/mol. The summed E-state index contributed by atoms with van der Waals surface area (Å²) in [5.74, 6) is 0.162. The van der Waals surface area contributed by atoms with E-state index in [9.17, 15) is 9.18 Å². The molecule has 0 spiro atoms. The van der Waals surface area contributed by atoms with E-state index in [1.165, 1.54) is 6.20 Å². The van der Waals surface area contributed by atoms with E-state index in [1.807, 2.05) is 32.0 Å². The highest BCUT2D eigenvalue weighted by Crippen LogP contribution is 2.26. The second-order valence-electron chi connectivity index (χ2n) is 4.48. The lowest BCUT2D eigenvalue weighted by atomic mass is 10.1. The number of anilines is 1. The van der Waals surface area contributed by atoms with Crippen molar-refractivity contribution in [1.29, 1.82) is 0 Å². The number of hydrogen-bond donors (Lipinski definition) is 1. The molecule has 0 saturated heterocycles. The Labute approximate surface area is 126 Å². The number of carbonyl (C=O) groups excluding carboxylic acids is 1. The maximum absolute atomic E-state index is 12.5. The van der Waals surface area contributed by atoms with E-state index in [0.717, 1.165) is 11.1 Å². The van der Waals surface area contributed by atoms with E-state index in [4.69, 9.17) is 16.3 Å². The quantitative estimate of drug-likeness (QED) is 0.870. The summed E-state index contributed by atoms with van der Waals surface area (Å²) in [4.78, 5) is 15.1. The maximum Gasteiger partial charge on any atom is 0.274 e. The van der Waals surface area contributed by atoms with E-state index in [1.54, 1.807) is 12.1 Å². The Balaban J connectivity index is 2.09. The number of carbonyl (C=O) groups is 1. The number of rotatable bonds is 4. The molecule has 0 aliphatic heterocycles. The Morgan fingerprint density at radius 1 is 1.33 bits per heavy atom. The third kappa shape index (κ3) is 3.92. The van der Waals surface area contributed by atoms with Crippen molar-refractivity contribution in [3.05, 3.63) is 47.7 Å². The number of nitrogens with one attached hydrogen (secondary N) is 1. The first-order valence-corrected chi connectivity index (χ1v) is 6.70. The predicted octanol–water partition coefficient (Wildman–Crippen LogP) is 3.96. The van der Waals surface area contributed by atoms with Crippen molar-refractivity contribution in [3.8, 4) is 11.6 Å². The highest BCUT2D eigenvalue weighted by Gasteiger charge is 2.13. The van der Waals surface area contributed by atoms with Crippen LogP contribution >= 0.6 is 11.6 Å². The van der Waals surface area contributed by atoms with Gasteiger partial charge in [0.05, 0.1) is 11.9 Å². The fourth-order valence-electron chi connectivity index (χ4n) is 1.66. The number of ether oxygens (including phenoxy) is 1. The highest BCUT2D eigenvalue weighted by atomic mass is 35.5. The monoisotopic (exact) mass is 308 g/mol. The van der Waals surface area contributed by atoms with Crippen molar-refractivity contribution in [2.24, 2.45) is 0 Å². The van der Waals surface area contributed by atoms with Crippen molar-refractivity contribution in [3.63, 3.8) is 0 Å². The molecule has 1 unspecified atom stereocenters. The molecule has 0 bridgehead atoms. The molecule has 1 amide bonds. The van der Waals surface area contributed by atoms with Gasteiger partial charge in [-0.25, -0.2) is 9.37 Å². The molecule has 1 N–H and O–H groups in total. The van der Waals surface area contributed by atoms with Crippen LogP contribution < -0.4 is 10.1 Å². The van der Waals surface area contributed by atoms with Gasteiger partial charge in [0.1, 0.15) is 5.75 Å². The van der Waals surface area contributed by atoms with Crippen molar-refractivity contribution in [1.82, 2.24) is 4.98 Å². The third-order valence-electron chi connectivity index (χ3n) is 2.97. The van der Waals surface area contributed by atoms with Gasteiger partial charge in [-0.15, -0.1) is 0 Å². The average Bonchev–Trinajstić information content (AvgIpc) is 2.46. The minimum Gasteiger partial charge on any atom is -0.439 e. The fraction of sp³-hybridized carbons (Fsp3) is 0.200. The second-order valence-corrected chi connectivity index (χ2v) is 4.86. The van der Waals surface area contributed by atoms with Gasteiger partial charge in [0.15, 0.2) is 0 Å². The van der Waals surface area contributed by atoms with Crippen molar-refractivity contribution >= 4 is 23.2 Å². The Morgan fingerprint density at radius 3 is 2.71 bits per heavy atom. The van der Waals surface area contributed by atoms with Gasteiger partial charge in [0, 0.05) is 6.07 Å². The molecule has 0 fully saturated rings. The first-order chi connectivity index (χ1) is 9.97. The number of amides is 1. The summed E-state index contributed by atoms with van der Waals surface area (Å²) in [7, 11) is 0. The molecule has 110 valence electrons. The normalized spacial score (nSPS) is 11.8. The molecular weight excluding hydrogens is 295 g/mol. The largest absolute Gasteiger partial charge is 0.439 e. The minimum absolute atomic E-state index is 0.344. The summed E-state index contributed by atoms with van der Waals surface area (Å²) in [5.41, 5.74) is 0.402. The Hall–Kier alpha value is -2.14. The molecule has 1 heterocycles. The van der Waals surface area contributed by atoms with E-state index in [-0.39, 0.29) is 0 Å². The summed E-state index contributed by atoms with van der Waals surface area (Å²) in [6.45, 7) is 3.95. The van der Waals surface area contributed by atoms with Crippen LogP contribution in [0.25, 0.3) is 0 Å². The highest BCUT2D eigenvalue weighted by molar-refractivity contribution is 6.31. The summed E-state index contributed by atoms with van der Waals surface area (Å²) in [6, 6.07) is 8.88. The van der Waals surface area contributed by atoms with Crippen molar-refractivity contribution in [2.75, 3.05) is 5.32 Å². The number of halogens is 2. The molecule has 0 aliphatic rings. The van der Waals surface area contributed by atoms with Gasteiger partial charge in [0.2, 0.25) is 5.88 Å². The van der Waals surface area contributed by atoms with Crippen LogP contribution in [0.2, 0.25) is 0 Å². The molecule has 4 nitrogen and oxygen atoms in total. The molecule has 6 heteroatoms. The van der Waals surface area contributed by atoms with Gasteiger partial charge in [-0.3, -0.25) is 4.79 Å². The summed E-state index contributed by atoms with van der Waals surface area (Å²) in [6.07, 6.45) is 1.37. The van der Waals surface area contributed by atoms with Crippen LogP contribution in [-0.2, 0) is 4.79 Å². The number of pyridine rings is 1. The lowest BCUT2D eigenvalue weighted by Crippen LogP contribution is -2.19. The molecule has 2 aromatic rings. The number of hydrogen-bond acceptors (Lipinski definition) is 3. The standard InChI is InChI=1S/C15H14ClFN2O2/c1-9-4-3-5-12(10(9)2)21-13-7-6-11(8-18-13)19-15(20)14(16)17/h3-8,14H,1-2H3,(H,19,20). The lowest BCUT2D eigenvalue weighted by molar-refractivity contribution is -0.118. The number of aromatic nitrogens is 1. The molecule has 21 heavy (non-hydrogen) atoms. The lowest BCUT2D eigenvalue weighted by Gasteiger charge is -2.10. The van der Waals surface area contributed by atoms with E-state index in [0.29, 0.717) is 17.3 Å². The summed E-state index contributed by atoms with van der Waals surface area (Å²) < 4.78 is 18.2. The molecule has 2 rings (SSSR count). The molecule has 0 aliphatic carbocycles. The summed E-state index contributed by atoms with van der Waals surface area (Å²) in [5, 5.41) is 2.29. The maximum atomic E-state index is 12.5. The minimum atomic E-state index is -2.09. The number of alkyl halides is 2. The van der Waals surface area contributed by atoms with Crippen LogP contribution in [0.3, 0.4) is 0 Å². The second kappa shape index (κ2) is 6.54. The van der Waals surface area contributed by atoms with Gasteiger partial charge in [-0.05, 0) is 37.1 Å². The van der Waals surface area contributed by atoms with Crippen LogP contribution in [0.15, 0.2) is 36.5 Å². The molecule has 1 atom stereocenters. The first kappa shape index (κ1) is 15.3. The van der Waals surface area contributed by atoms with E-state index in [2.05, 4.69) is 10.3 Å². The zero-order valence-corrected chi connectivity index (χ0v) is 12.3. The van der Waals surface area contributed by atoms with Crippen LogP contribution in [0.1, 0.15) is 11.1 Å². The Morgan fingerprint density at radius 2 is 2.10 bits per heavy atom.